The van der Waals surface area contributed by atoms with E-state index in [1.807, 2.05) is 0 Å². The first-order valence-electron chi connectivity index (χ1n) is 5.85. The quantitative estimate of drug-likeness (QED) is 0.856. The molecule has 0 saturated carbocycles. The lowest BCUT2D eigenvalue weighted by Crippen LogP contribution is -2.47. The van der Waals surface area contributed by atoms with E-state index in [9.17, 15) is 23.2 Å². The lowest BCUT2D eigenvalue weighted by atomic mass is 10.0. The second kappa shape index (κ2) is 4.66. The Bertz CT molecular complexity index is 586. The highest BCUT2D eigenvalue weighted by Crippen LogP contribution is 2.29. The predicted octanol–water partition coefficient (Wildman–Crippen LogP) is 1.67. The smallest absolute Gasteiger partial charge is 0.327 e. The highest BCUT2D eigenvalue weighted by atomic mass is 19.2. The summed E-state index contributed by atoms with van der Waals surface area (Å²) in [6.07, 6.45) is 0. The summed E-state index contributed by atoms with van der Waals surface area (Å²) in [6.45, 7) is 3.06. The lowest BCUT2D eigenvalue weighted by molar-refractivity contribution is -0.143. The molecular formula is C13H11F2NO4. The first kappa shape index (κ1) is 14.1. The van der Waals surface area contributed by atoms with Crippen LogP contribution >= 0.6 is 0 Å². The van der Waals surface area contributed by atoms with Crippen LogP contribution in [0.2, 0.25) is 0 Å². The van der Waals surface area contributed by atoms with Gasteiger partial charge in [0.05, 0.1) is 11.1 Å². The van der Waals surface area contributed by atoms with Crippen molar-refractivity contribution >= 4 is 17.8 Å². The van der Waals surface area contributed by atoms with E-state index >= 15 is 0 Å². The van der Waals surface area contributed by atoms with Crippen molar-refractivity contribution in [2.75, 3.05) is 0 Å². The van der Waals surface area contributed by atoms with Gasteiger partial charge in [-0.25, -0.2) is 13.6 Å². The van der Waals surface area contributed by atoms with Gasteiger partial charge in [0.15, 0.2) is 11.6 Å². The maximum absolute atomic E-state index is 13.1. The molecule has 0 aliphatic carbocycles. The maximum Gasteiger partial charge on any atom is 0.327 e. The van der Waals surface area contributed by atoms with Gasteiger partial charge >= 0.3 is 5.97 Å². The summed E-state index contributed by atoms with van der Waals surface area (Å²) in [6, 6.07) is -0.151. The molecule has 1 aromatic rings. The van der Waals surface area contributed by atoms with Crippen LogP contribution in [-0.2, 0) is 4.79 Å². The Labute approximate surface area is 112 Å². The van der Waals surface area contributed by atoms with Crippen molar-refractivity contribution in [3.8, 4) is 0 Å². The van der Waals surface area contributed by atoms with Crippen molar-refractivity contribution in [3.63, 3.8) is 0 Å². The number of aliphatic carboxylic acids is 1. The Morgan fingerprint density at radius 3 is 1.80 bits per heavy atom. The molecule has 1 heterocycles. The minimum absolute atomic E-state index is 0.319. The molecule has 2 amide bonds. The van der Waals surface area contributed by atoms with E-state index < -0.39 is 41.4 Å². The molecular weight excluding hydrogens is 272 g/mol. The van der Waals surface area contributed by atoms with Gasteiger partial charge in [0, 0.05) is 0 Å². The number of carbonyl (C=O) groups is 3. The van der Waals surface area contributed by atoms with Gasteiger partial charge in [0.1, 0.15) is 6.04 Å². The average Bonchev–Trinajstić information content (AvgIpc) is 2.55. The van der Waals surface area contributed by atoms with Crippen LogP contribution < -0.4 is 0 Å². The number of carboxylic acid groups (broad SMARTS) is 1. The monoisotopic (exact) mass is 283 g/mol. The van der Waals surface area contributed by atoms with Crippen LogP contribution in [0, 0.1) is 17.6 Å². The maximum atomic E-state index is 13.1. The molecule has 0 bridgehead atoms. The molecule has 1 aromatic carbocycles. The van der Waals surface area contributed by atoms with Crippen molar-refractivity contribution in [1.29, 1.82) is 0 Å². The van der Waals surface area contributed by atoms with E-state index in [-0.39, 0.29) is 11.1 Å². The van der Waals surface area contributed by atoms with E-state index in [4.69, 9.17) is 5.11 Å². The van der Waals surface area contributed by atoms with Gasteiger partial charge in [-0.3, -0.25) is 14.5 Å². The summed E-state index contributed by atoms with van der Waals surface area (Å²) in [4.78, 5) is 35.9. The number of amides is 2. The number of carbonyl (C=O) groups excluding carboxylic acids is 2. The first-order valence-corrected chi connectivity index (χ1v) is 5.85. The zero-order chi connectivity index (χ0) is 15.2. The molecule has 0 aromatic heterocycles. The highest BCUT2D eigenvalue weighted by molar-refractivity contribution is 6.22. The lowest BCUT2D eigenvalue weighted by Gasteiger charge is -2.25. The largest absolute Gasteiger partial charge is 0.480 e. The fourth-order valence-electron chi connectivity index (χ4n) is 2.20. The molecule has 1 unspecified atom stereocenters. The van der Waals surface area contributed by atoms with E-state index in [1.165, 1.54) is 13.8 Å². The summed E-state index contributed by atoms with van der Waals surface area (Å²) in [5.74, 6) is -6.26. The van der Waals surface area contributed by atoms with Gasteiger partial charge in [-0.1, -0.05) is 13.8 Å². The minimum atomic E-state index is -1.38. The van der Waals surface area contributed by atoms with Gasteiger partial charge in [-0.15, -0.1) is 0 Å². The van der Waals surface area contributed by atoms with Crippen LogP contribution in [0.15, 0.2) is 12.1 Å². The van der Waals surface area contributed by atoms with Crippen molar-refractivity contribution in [1.82, 2.24) is 4.90 Å². The van der Waals surface area contributed by atoms with Crippen LogP contribution in [0.4, 0.5) is 8.78 Å². The molecule has 0 saturated heterocycles. The van der Waals surface area contributed by atoms with E-state index in [0.29, 0.717) is 17.0 Å². The molecule has 2 rings (SSSR count). The van der Waals surface area contributed by atoms with Crippen LogP contribution in [0.3, 0.4) is 0 Å². The van der Waals surface area contributed by atoms with Gasteiger partial charge in [0.2, 0.25) is 0 Å². The number of rotatable bonds is 3. The van der Waals surface area contributed by atoms with Gasteiger partial charge in [-0.2, -0.15) is 0 Å². The summed E-state index contributed by atoms with van der Waals surface area (Å²) in [7, 11) is 0. The highest BCUT2D eigenvalue weighted by Gasteiger charge is 2.44. The van der Waals surface area contributed by atoms with Crippen molar-refractivity contribution in [2.45, 2.75) is 19.9 Å². The molecule has 1 atom stereocenters. The fourth-order valence-corrected chi connectivity index (χ4v) is 2.20. The summed E-state index contributed by atoms with van der Waals surface area (Å²) >= 11 is 0. The van der Waals surface area contributed by atoms with Crippen molar-refractivity contribution < 1.29 is 28.3 Å². The molecule has 1 N–H and O–H groups in total. The number of nitrogens with zero attached hydrogens (tertiary/aromatic N) is 1. The Balaban J connectivity index is 2.54. The Kier molecular flexibility index (Phi) is 3.29. The molecule has 0 radical (unpaired) electrons. The van der Waals surface area contributed by atoms with E-state index in [1.54, 1.807) is 0 Å². The number of carboxylic acids is 1. The number of halogens is 2. The normalized spacial score (nSPS) is 15.8. The minimum Gasteiger partial charge on any atom is -0.480 e. The second-order valence-corrected chi connectivity index (χ2v) is 4.82. The van der Waals surface area contributed by atoms with E-state index in [2.05, 4.69) is 0 Å². The Morgan fingerprint density at radius 1 is 1.10 bits per heavy atom. The van der Waals surface area contributed by atoms with Crippen LogP contribution in [-0.4, -0.2) is 33.8 Å². The second-order valence-electron chi connectivity index (χ2n) is 4.82. The standard InChI is InChI=1S/C13H11F2NO4/c1-5(2)10(13(19)20)16-11(17)6-3-8(14)9(15)4-7(6)12(16)18/h3-5,10H,1-2H3,(H,19,20). The Hall–Kier alpha value is -2.31. The molecule has 5 nitrogen and oxygen atoms in total. The molecule has 20 heavy (non-hydrogen) atoms. The van der Waals surface area contributed by atoms with Gasteiger partial charge in [-0.05, 0) is 18.1 Å². The topological polar surface area (TPSA) is 74.7 Å². The predicted molar refractivity (Wildman–Crippen MR) is 63.1 cm³/mol. The van der Waals surface area contributed by atoms with Gasteiger partial charge in [0.25, 0.3) is 11.8 Å². The number of imide groups is 1. The SMILES string of the molecule is CC(C)C(C(=O)O)N1C(=O)c2cc(F)c(F)cc2C1=O. The summed E-state index contributed by atoms with van der Waals surface area (Å²) in [5, 5.41) is 9.13. The number of fused-ring (bicyclic) bond motifs is 1. The molecule has 7 heteroatoms. The van der Waals surface area contributed by atoms with Crippen molar-refractivity contribution in [2.24, 2.45) is 5.92 Å². The van der Waals surface area contributed by atoms with Crippen LogP contribution in [0.5, 0.6) is 0 Å². The third-order valence-corrected chi connectivity index (χ3v) is 3.12. The molecule has 0 fully saturated rings. The third-order valence-electron chi connectivity index (χ3n) is 3.12. The summed E-state index contributed by atoms with van der Waals surface area (Å²) in [5.41, 5.74) is -0.637. The van der Waals surface area contributed by atoms with E-state index in [0.717, 1.165) is 0 Å². The number of benzene rings is 1. The fraction of sp³-hybridized carbons (Fsp3) is 0.308. The van der Waals surface area contributed by atoms with Crippen LogP contribution in [0.25, 0.3) is 0 Å². The molecule has 106 valence electrons. The van der Waals surface area contributed by atoms with Gasteiger partial charge < -0.3 is 5.11 Å². The molecule has 0 spiro atoms. The zero-order valence-corrected chi connectivity index (χ0v) is 10.7. The average molecular weight is 283 g/mol. The number of hydrogen-bond acceptors (Lipinski definition) is 3. The zero-order valence-electron chi connectivity index (χ0n) is 10.7. The van der Waals surface area contributed by atoms with Crippen LogP contribution in [0.1, 0.15) is 34.6 Å². The molecule has 1 aliphatic rings. The molecule has 1 aliphatic heterocycles. The Morgan fingerprint density at radius 2 is 1.50 bits per heavy atom. The third kappa shape index (κ3) is 1.95. The number of hydrogen-bond donors (Lipinski definition) is 1. The summed E-state index contributed by atoms with van der Waals surface area (Å²) < 4.78 is 26.3. The van der Waals surface area contributed by atoms with Crippen molar-refractivity contribution in [3.05, 3.63) is 34.9 Å². The first-order chi connectivity index (χ1) is 9.25.